The smallest absolute Gasteiger partial charge is 0.294 e. The molecule has 0 amide bonds. The van der Waals surface area contributed by atoms with Crippen LogP contribution in [0.5, 0.6) is 0 Å². The number of hydrogen-bond donors (Lipinski definition) is 2. The zero-order valence-corrected chi connectivity index (χ0v) is 9.56. The first kappa shape index (κ1) is 14.5. The summed E-state index contributed by atoms with van der Waals surface area (Å²) in [5, 5.41) is 12.9. The van der Waals surface area contributed by atoms with E-state index in [1.807, 2.05) is 14.1 Å². The summed E-state index contributed by atoms with van der Waals surface area (Å²) in [5.41, 5.74) is -0.229. The van der Waals surface area contributed by atoms with Crippen molar-refractivity contribution in [2.75, 3.05) is 14.1 Å². The van der Waals surface area contributed by atoms with Crippen molar-refractivity contribution in [3.8, 4) is 0 Å². The van der Waals surface area contributed by atoms with Crippen LogP contribution < -0.4 is 5.32 Å². The maximum atomic E-state index is 10.5. The van der Waals surface area contributed by atoms with Crippen molar-refractivity contribution in [3.05, 3.63) is 34.4 Å². The Bertz CT molecular complexity index is 440. The van der Waals surface area contributed by atoms with Crippen LogP contribution in [0.3, 0.4) is 0 Å². The van der Waals surface area contributed by atoms with Crippen LogP contribution in [0.2, 0.25) is 0 Å². The molecular formula is C8H12N2O5S. The summed E-state index contributed by atoms with van der Waals surface area (Å²) in [6, 6.07) is 3.94. The molecule has 0 aliphatic rings. The molecule has 0 saturated heterocycles. The second-order valence-electron chi connectivity index (χ2n) is 2.73. The van der Waals surface area contributed by atoms with Crippen molar-refractivity contribution in [3.63, 3.8) is 0 Å². The highest BCUT2D eigenvalue weighted by molar-refractivity contribution is 7.85. The third kappa shape index (κ3) is 4.82. The van der Waals surface area contributed by atoms with E-state index in [9.17, 15) is 18.5 Å². The van der Waals surface area contributed by atoms with Crippen LogP contribution in [0.4, 0.5) is 5.69 Å². The molecule has 0 aliphatic carbocycles. The van der Waals surface area contributed by atoms with E-state index in [2.05, 4.69) is 5.32 Å². The van der Waals surface area contributed by atoms with Gasteiger partial charge in [0.25, 0.3) is 15.8 Å². The summed E-state index contributed by atoms with van der Waals surface area (Å²) < 4.78 is 29.5. The van der Waals surface area contributed by atoms with Gasteiger partial charge in [-0.2, -0.15) is 8.42 Å². The van der Waals surface area contributed by atoms with Gasteiger partial charge < -0.3 is 5.32 Å². The Morgan fingerprint density at radius 2 is 1.62 bits per heavy atom. The molecule has 1 rings (SSSR count). The SMILES string of the molecule is CNC.O=[N+]([O-])c1ccc(S(=O)(=O)O)cc1. The summed E-state index contributed by atoms with van der Waals surface area (Å²) in [5.74, 6) is 0. The van der Waals surface area contributed by atoms with E-state index >= 15 is 0 Å². The minimum absolute atomic E-state index is 0.229. The lowest BCUT2D eigenvalue weighted by Gasteiger charge is -1.94. The fourth-order valence-corrected chi connectivity index (χ4v) is 1.22. The average molecular weight is 248 g/mol. The number of nitrogens with one attached hydrogen (secondary N) is 1. The maximum absolute atomic E-state index is 10.5. The molecule has 0 radical (unpaired) electrons. The van der Waals surface area contributed by atoms with Gasteiger partial charge in [0.2, 0.25) is 0 Å². The second-order valence-corrected chi connectivity index (χ2v) is 4.15. The number of nitro benzene ring substituents is 1. The van der Waals surface area contributed by atoms with Crippen LogP contribution in [0.1, 0.15) is 0 Å². The normalized spacial score (nSPS) is 10.2. The zero-order chi connectivity index (χ0) is 12.8. The second kappa shape index (κ2) is 6.16. The van der Waals surface area contributed by atoms with Gasteiger partial charge in [0.1, 0.15) is 0 Å². The van der Waals surface area contributed by atoms with Crippen molar-refractivity contribution >= 4 is 15.8 Å². The topological polar surface area (TPSA) is 110 Å². The van der Waals surface area contributed by atoms with Gasteiger partial charge in [-0.05, 0) is 26.2 Å². The van der Waals surface area contributed by atoms with Gasteiger partial charge in [0.15, 0.2) is 0 Å². The first-order valence-corrected chi connectivity index (χ1v) is 5.57. The van der Waals surface area contributed by atoms with E-state index in [0.29, 0.717) is 0 Å². The summed E-state index contributed by atoms with van der Waals surface area (Å²) >= 11 is 0. The summed E-state index contributed by atoms with van der Waals surface area (Å²) in [6.45, 7) is 0. The molecule has 0 aromatic heterocycles. The third-order valence-electron chi connectivity index (χ3n) is 1.35. The fourth-order valence-electron chi connectivity index (χ4n) is 0.740. The van der Waals surface area contributed by atoms with Crippen molar-refractivity contribution in [1.29, 1.82) is 0 Å². The van der Waals surface area contributed by atoms with Gasteiger partial charge in [-0.25, -0.2) is 0 Å². The summed E-state index contributed by atoms with van der Waals surface area (Å²) in [4.78, 5) is 9.13. The van der Waals surface area contributed by atoms with Crippen LogP contribution in [-0.2, 0) is 10.1 Å². The summed E-state index contributed by atoms with van der Waals surface area (Å²) in [6.07, 6.45) is 0. The van der Waals surface area contributed by atoms with Gasteiger partial charge in [0.05, 0.1) is 9.82 Å². The van der Waals surface area contributed by atoms with Crippen LogP contribution in [0.25, 0.3) is 0 Å². The fraction of sp³-hybridized carbons (Fsp3) is 0.250. The van der Waals surface area contributed by atoms with Gasteiger partial charge in [0, 0.05) is 12.1 Å². The van der Waals surface area contributed by atoms with Crippen molar-refractivity contribution in [2.24, 2.45) is 0 Å². The highest BCUT2D eigenvalue weighted by Crippen LogP contribution is 2.14. The summed E-state index contributed by atoms with van der Waals surface area (Å²) in [7, 11) is -0.518. The number of hydrogen-bond acceptors (Lipinski definition) is 5. The molecule has 0 heterocycles. The van der Waals surface area contributed by atoms with Gasteiger partial charge in [-0.1, -0.05) is 0 Å². The first-order chi connectivity index (χ1) is 7.32. The Labute approximate surface area is 93.0 Å². The number of rotatable bonds is 2. The monoisotopic (exact) mass is 248 g/mol. The molecular weight excluding hydrogens is 236 g/mol. The predicted molar refractivity (Wildman–Crippen MR) is 57.9 cm³/mol. The lowest BCUT2D eigenvalue weighted by Crippen LogP contribution is -1.97. The zero-order valence-electron chi connectivity index (χ0n) is 8.75. The van der Waals surface area contributed by atoms with E-state index in [1.165, 1.54) is 0 Å². The Balaban J connectivity index is 0.000000673. The van der Waals surface area contributed by atoms with E-state index in [4.69, 9.17) is 4.55 Å². The number of non-ortho nitro benzene ring substituents is 1. The van der Waals surface area contributed by atoms with E-state index in [0.717, 1.165) is 24.3 Å². The highest BCUT2D eigenvalue weighted by atomic mass is 32.2. The molecule has 0 unspecified atom stereocenters. The average Bonchev–Trinajstić information content (AvgIpc) is 2.18. The minimum Gasteiger partial charge on any atom is -0.323 e. The molecule has 7 nitrogen and oxygen atoms in total. The Morgan fingerprint density at radius 3 is 1.88 bits per heavy atom. The van der Waals surface area contributed by atoms with Gasteiger partial charge in [-0.15, -0.1) is 0 Å². The largest absolute Gasteiger partial charge is 0.323 e. The highest BCUT2D eigenvalue weighted by Gasteiger charge is 2.11. The van der Waals surface area contributed by atoms with Crippen LogP contribution in [0.15, 0.2) is 29.2 Å². The lowest BCUT2D eigenvalue weighted by molar-refractivity contribution is -0.384. The molecule has 0 spiro atoms. The molecule has 0 saturated carbocycles. The predicted octanol–water partition coefficient (Wildman–Crippen LogP) is 0.677. The lowest BCUT2D eigenvalue weighted by atomic mass is 10.3. The molecule has 90 valence electrons. The molecule has 0 atom stereocenters. The Morgan fingerprint density at radius 1 is 1.25 bits per heavy atom. The molecule has 0 fully saturated rings. The Kier molecular flexibility index (Phi) is 5.57. The number of nitrogens with zero attached hydrogens (tertiary/aromatic N) is 1. The van der Waals surface area contributed by atoms with Crippen molar-refractivity contribution in [2.45, 2.75) is 4.90 Å². The molecule has 16 heavy (non-hydrogen) atoms. The van der Waals surface area contributed by atoms with E-state index in [1.54, 1.807) is 0 Å². The third-order valence-corrected chi connectivity index (χ3v) is 2.21. The van der Waals surface area contributed by atoms with Crippen LogP contribution in [-0.4, -0.2) is 32.0 Å². The maximum Gasteiger partial charge on any atom is 0.294 e. The Hall–Kier alpha value is -1.51. The standard InChI is InChI=1S/C6H5NO5S.C2H7N/c8-7(9)5-1-3-6(4-2-5)13(10,11)12;1-3-2/h1-4H,(H,10,11,12);3H,1-2H3. The quantitative estimate of drug-likeness (QED) is 0.452. The number of benzene rings is 1. The molecule has 0 bridgehead atoms. The molecule has 0 aliphatic heterocycles. The minimum atomic E-state index is -4.27. The van der Waals surface area contributed by atoms with Gasteiger partial charge in [-0.3, -0.25) is 14.7 Å². The first-order valence-electron chi connectivity index (χ1n) is 4.13. The molecule has 2 N–H and O–H groups in total. The molecule has 1 aromatic carbocycles. The van der Waals surface area contributed by atoms with Crippen LogP contribution in [0, 0.1) is 10.1 Å². The molecule has 1 aromatic rings. The van der Waals surface area contributed by atoms with E-state index < -0.39 is 15.0 Å². The van der Waals surface area contributed by atoms with Crippen molar-refractivity contribution < 1.29 is 17.9 Å². The van der Waals surface area contributed by atoms with Crippen molar-refractivity contribution in [1.82, 2.24) is 5.32 Å². The molecule has 8 heteroatoms. The van der Waals surface area contributed by atoms with Gasteiger partial charge >= 0.3 is 0 Å². The van der Waals surface area contributed by atoms with E-state index in [-0.39, 0.29) is 10.6 Å². The van der Waals surface area contributed by atoms with Crippen LogP contribution >= 0.6 is 0 Å². The number of nitro groups is 1.